The first-order valence-corrected chi connectivity index (χ1v) is 7.99. The number of aryl methyl sites for hydroxylation is 1. The van der Waals surface area contributed by atoms with Gasteiger partial charge in [-0.05, 0) is 45.1 Å². The lowest BCUT2D eigenvalue weighted by molar-refractivity contribution is 0.212. The Balaban J connectivity index is 1.69. The van der Waals surface area contributed by atoms with E-state index in [4.69, 9.17) is 0 Å². The van der Waals surface area contributed by atoms with Crippen LogP contribution in [-0.4, -0.2) is 55.1 Å². The molecule has 1 atom stereocenters. The molecule has 1 fully saturated rings. The van der Waals surface area contributed by atoms with Crippen LogP contribution in [-0.2, 0) is 0 Å². The standard InChI is InChI=1S/C17H29N3/c1-4-20(5-2)17-10-12-19(14-17)13-11-18-16-8-6-15(3)7-9-16/h6-9,17-18H,4-5,10-14H2,1-3H3. The number of benzene rings is 1. The Morgan fingerprint density at radius 2 is 1.90 bits per heavy atom. The second-order valence-corrected chi connectivity index (χ2v) is 5.76. The van der Waals surface area contributed by atoms with Crippen LogP contribution in [0.5, 0.6) is 0 Å². The van der Waals surface area contributed by atoms with Crippen LogP contribution in [0.1, 0.15) is 25.8 Å². The van der Waals surface area contributed by atoms with E-state index >= 15 is 0 Å². The molecule has 1 N–H and O–H groups in total. The Labute approximate surface area is 124 Å². The van der Waals surface area contributed by atoms with Gasteiger partial charge in [0.1, 0.15) is 0 Å². The molecular weight excluding hydrogens is 246 g/mol. The summed E-state index contributed by atoms with van der Waals surface area (Å²) in [5.74, 6) is 0. The van der Waals surface area contributed by atoms with Crippen LogP contribution in [0.4, 0.5) is 5.69 Å². The maximum Gasteiger partial charge on any atom is 0.0340 e. The van der Waals surface area contributed by atoms with Gasteiger partial charge in [0.05, 0.1) is 0 Å². The number of nitrogens with zero attached hydrogens (tertiary/aromatic N) is 2. The Bertz CT molecular complexity index is 384. The molecule has 1 heterocycles. The third kappa shape index (κ3) is 4.22. The smallest absolute Gasteiger partial charge is 0.0340 e. The van der Waals surface area contributed by atoms with Crippen molar-refractivity contribution >= 4 is 5.69 Å². The van der Waals surface area contributed by atoms with Crippen molar-refractivity contribution in [2.45, 2.75) is 33.2 Å². The molecule has 1 aromatic rings. The Hall–Kier alpha value is -1.06. The molecule has 1 aromatic carbocycles. The first-order valence-electron chi connectivity index (χ1n) is 7.99. The average Bonchev–Trinajstić information content (AvgIpc) is 2.91. The van der Waals surface area contributed by atoms with E-state index < -0.39 is 0 Å². The van der Waals surface area contributed by atoms with Gasteiger partial charge in [0.2, 0.25) is 0 Å². The van der Waals surface area contributed by atoms with E-state index in [2.05, 4.69) is 60.2 Å². The summed E-state index contributed by atoms with van der Waals surface area (Å²) in [6.07, 6.45) is 1.33. The number of likely N-dealkylation sites (tertiary alicyclic amines) is 1. The zero-order valence-electron chi connectivity index (χ0n) is 13.2. The van der Waals surface area contributed by atoms with Gasteiger partial charge in [-0.15, -0.1) is 0 Å². The van der Waals surface area contributed by atoms with E-state index in [1.807, 2.05) is 0 Å². The van der Waals surface area contributed by atoms with E-state index in [0.29, 0.717) is 0 Å². The number of rotatable bonds is 7. The second kappa shape index (κ2) is 7.65. The van der Waals surface area contributed by atoms with Gasteiger partial charge in [0, 0.05) is 31.4 Å². The van der Waals surface area contributed by atoms with Crippen LogP contribution in [0.15, 0.2) is 24.3 Å². The van der Waals surface area contributed by atoms with Crippen LogP contribution >= 0.6 is 0 Å². The number of nitrogens with one attached hydrogen (secondary N) is 1. The molecule has 2 rings (SSSR count). The number of hydrogen-bond acceptors (Lipinski definition) is 3. The van der Waals surface area contributed by atoms with E-state index in [0.717, 1.165) is 19.1 Å². The van der Waals surface area contributed by atoms with Crippen LogP contribution in [0.2, 0.25) is 0 Å². The van der Waals surface area contributed by atoms with E-state index in [-0.39, 0.29) is 0 Å². The molecule has 0 aliphatic carbocycles. The lowest BCUT2D eigenvalue weighted by atomic mass is 10.2. The van der Waals surface area contributed by atoms with E-state index in [9.17, 15) is 0 Å². The van der Waals surface area contributed by atoms with Crippen molar-refractivity contribution in [2.75, 3.05) is 44.6 Å². The summed E-state index contributed by atoms with van der Waals surface area (Å²) in [7, 11) is 0. The van der Waals surface area contributed by atoms with Crippen molar-refractivity contribution in [3.05, 3.63) is 29.8 Å². The molecule has 3 nitrogen and oxygen atoms in total. The predicted octanol–water partition coefficient (Wildman–Crippen LogP) is 2.82. The molecule has 0 bridgehead atoms. The highest BCUT2D eigenvalue weighted by molar-refractivity contribution is 5.44. The van der Waals surface area contributed by atoms with Crippen LogP contribution in [0.3, 0.4) is 0 Å². The van der Waals surface area contributed by atoms with Gasteiger partial charge in [-0.3, -0.25) is 9.80 Å². The summed E-state index contributed by atoms with van der Waals surface area (Å²) in [5.41, 5.74) is 2.55. The molecule has 0 aromatic heterocycles. The highest BCUT2D eigenvalue weighted by Crippen LogP contribution is 2.15. The number of anilines is 1. The highest BCUT2D eigenvalue weighted by Gasteiger charge is 2.25. The lowest BCUT2D eigenvalue weighted by Gasteiger charge is -2.26. The fourth-order valence-electron chi connectivity index (χ4n) is 3.08. The fraction of sp³-hybridized carbons (Fsp3) is 0.647. The van der Waals surface area contributed by atoms with Crippen LogP contribution in [0, 0.1) is 6.92 Å². The molecule has 1 unspecified atom stereocenters. The minimum absolute atomic E-state index is 0.768. The fourth-order valence-corrected chi connectivity index (χ4v) is 3.08. The van der Waals surface area contributed by atoms with Crippen LogP contribution < -0.4 is 5.32 Å². The molecule has 20 heavy (non-hydrogen) atoms. The van der Waals surface area contributed by atoms with E-state index in [1.54, 1.807) is 0 Å². The largest absolute Gasteiger partial charge is 0.384 e. The third-order valence-corrected chi connectivity index (χ3v) is 4.38. The Kier molecular flexibility index (Phi) is 5.86. The summed E-state index contributed by atoms with van der Waals surface area (Å²) in [5, 5.41) is 3.52. The summed E-state index contributed by atoms with van der Waals surface area (Å²) in [6.45, 7) is 13.7. The van der Waals surface area contributed by atoms with Gasteiger partial charge < -0.3 is 5.32 Å². The maximum absolute atomic E-state index is 3.52. The Morgan fingerprint density at radius 1 is 1.20 bits per heavy atom. The first kappa shape index (κ1) is 15.3. The van der Waals surface area contributed by atoms with Crippen molar-refractivity contribution in [2.24, 2.45) is 0 Å². The summed E-state index contributed by atoms with van der Waals surface area (Å²) in [6, 6.07) is 9.42. The van der Waals surface area contributed by atoms with Gasteiger partial charge in [0.15, 0.2) is 0 Å². The van der Waals surface area contributed by atoms with E-state index in [1.165, 1.54) is 43.9 Å². The average molecular weight is 275 g/mol. The number of hydrogen-bond donors (Lipinski definition) is 1. The van der Waals surface area contributed by atoms with Gasteiger partial charge in [-0.25, -0.2) is 0 Å². The topological polar surface area (TPSA) is 18.5 Å². The first-order chi connectivity index (χ1) is 9.72. The maximum atomic E-state index is 3.52. The second-order valence-electron chi connectivity index (χ2n) is 5.76. The molecule has 0 amide bonds. The van der Waals surface area contributed by atoms with Gasteiger partial charge in [-0.2, -0.15) is 0 Å². The van der Waals surface area contributed by atoms with Crippen LogP contribution in [0.25, 0.3) is 0 Å². The van der Waals surface area contributed by atoms with Gasteiger partial charge >= 0.3 is 0 Å². The zero-order chi connectivity index (χ0) is 14.4. The van der Waals surface area contributed by atoms with Crippen molar-refractivity contribution < 1.29 is 0 Å². The number of likely N-dealkylation sites (N-methyl/N-ethyl adjacent to an activating group) is 1. The molecule has 1 saturated heterocycles. The summed E-state index contributed by atoms with van der Waals surface area (Å²) in [4.78, 5) is 5.18. The lowest BCUT2D eigenvalue weighted by Crippen LogP contribution is -2.38. The molecule has 0 radical (unpaired) electrons. The highest BCUT2D eigenvalue weighted by atomic mass is 15.3. The molecule has 112 valence electrons. The predicted molar refractivity (Wildman–Crippen MR) is 87.4 cm³/mol. The molecule has 1 aliphatic heterocycles. The zero-order valence-corrected chi connectivity index (χ0v) is 13.2. The molecule has 0 saturated carbocycles. The quantitative estimate of drug-likeness (QED) is 0.825. The molecule has 3 heteroatoms. The minimum Gasteiger partial charge on any atom is -0.384 e. The molecular formula is C17H29N3. The minimum atomic E-state index is 0.768. The normalized spacial score (nSPS) is 19.7. The summed E-state index contributed by atoms with van der Waals surface area (Å²) >= 11 is 0. The van der Waals surface area contributed by atoms with Crippen molar-refractivity contribution in [3.63, 3.8) is 0 Å². The molecule has 0 spiro atoms. The van der Waals surface area contributed by atoms with Crippen molar-refractivity contribution in [1.82, 2.24) is 9.80 Å². The van der Waals surface area contributed by atoms with Crippen molar-refractivity contribution in [3.8, 4) is 0 Å². The Morgan fingerprint density at radius 3 is 2.55 bits per heavy atom. The van der Waals surface area contributed by atoms with Gasteiger partial charge in [-0.1, -0.05) is 31.5 Å². The van der Waals surface area contributed by atoms with Gasteiger partial charge in [0.25, 0.3) is 0 Å². The monoisotopic (exact) mass is 275 g/mol. The summed E-state index contributed by atoms with van der Waals surface area (Å²) < 4.78 is 0. The third-order valence-electron chi connectivity index (χ3n) is 4.38. The SMILES string of the molecule is CCN(CC)C1CCN(CCNc2ccc(C)cc2)C1. The van der Waals surface area contributed by atoms with Crippen molar-refractivity contribution in [1.29, 1.82) is 0 Å². The molecule has 1 aliphatic rings.